The maximum atomic E-state index is 11.6. The zero-order valence-corrected chi connectivity index (χ0v) is 9.20. The van der Waals surface area contributed by atoms with E-state index in [1.807, 2.05) is 6.92 Å². The van der Waals surface area contributed by atoms with Crippen molar-refractivity contribution in [2.75, 3.05) is 11.5 Å². The zero-order chi connectivity index (χ0) is 11.6. The van der Waals surface area contributed by atoms with Crippen molar-refractivity contribution < 1.29 is 9.53 Å². The summed E-state index contributed by atoms with van der Waals surface area (Å²) in [5, 5.41) is 0. The van der Waals surface area contributed by atoms with Gasteiger partial charge in [0, 0.05) is 0 Å². The average Bonchev–Trinajstić information content (AvgIpc) is 2.09. The first-order valence-corrected chi connectivity index (χ1v) is 4.78. The van der Waals surface area contributed by atoms with E-state index in [0.717, 1.165) is 5.56 Å². The molecule has 4 N–H and O–H groups in total. The lowest BCUT2D eigenvalue weighted by atomic mass is 10.1. The van der Waals surface area contributed by atoms with Gasteiger partial charge in [-0.05, 0) is 38.5 Å². The van der Waals surface area contributed by atoms with Gasteiger partial charge in [-0.2, -0.15) is 0 Å². The lowest BCUT2D eigenvalue weighted by Gasteiger charge is -2.11. The summed E-state index contributed by atoms with van der Waals surface area (Å²) >= 11 is 0. The maximum Gasteiger partial charge on any atom is 0.340 e. The molecular formula is C11H16N2O2. The molecular weight excluding hydrogens is 192 g/mol. The van der Waals surface area contributed by atoms with Gasteiger partial charge in [0.2, 0.25) is 0 Å². The summed E-state index contributed by atoms with van der Waals surface area (Å²) in [6.07, 6.45) is -0.168. The molecule has 0 aliphatic carbocycles. The van der Waals surface area contributed by atoms with Crippen LogP contribution in [0.1, 0.15) is 29.8 Å². The van der Waals surface area contributed by atoms with E-state index in [1.165, 1.54) is 0 Å². The van der Waals surface area contributed by atoms with Gasteiger partial charge in [0.05, 0.1) is 23.0 Å². The van der Waals surface area contributed by atoms with Crippen molar-refractivity contribution in [3.63, 3.8) is 0 Å². The second kappa shape index (κ2) is 4.21. The Kier molecular flexibility index (Phi) is 3.19. The van der Waals surface area contributed by atoms with Crippen LogP contribution in [0.15, 0.2) is 12.1 Å². The number of aryl methyl sites for hydroxylation is 1. The third kappa shape index (κ3) is 2.62. The zero-order valence-electron chi connectivity index (χ0n) is 9.20. The van der Waals surface area contributed by atoms with Gasteiger partial charge >= 0.3 is 5.97 Å². The predicted molar refractivity (Wildman–Crippen MR) is 60.6 cm³/mol. The second-order valence-electron chi connectivity index (χ2n) is 3.77. The Bertz CT molecular complexity index is 386. The monoisotopic (exact) mass is 208 g/mol. The summed E-state index contributed by atoms with van der Waals surface area (Å²) in [6.45, 7) is 5.42. The summed E-state index contributed by atoms with van der Waals surface area (Å²) < 4.78 is 5.05. The number of benzene rings is 1. The molecule has 0 unspecified atom stereocenters. The van der Waals surface area contributed by atoms with Crippen molar-refractivity contribution in [2.45, 2.75) is 26.9 Å². The number of nitrogen functional groups attached to an aromatic ring is 2. The van der Waals surface area contributed by atoms with Gasteiger partial charge in [0.25, 0.3) is 0 Å². The minimum Gasteiger partial charge on any atom is -0.459 e. The van der Waals surface area contributed by atoms with E-state index in [9.17, 15) is 4.79 Å². The Hall–Kier alpha value is -1.71. The van der Waals surface area contributed by atoms with Crippen LogP contribution in [0.4, 0.5) is 11.4 Å². The molecule has 1 aromatic rings. The summed E-state index contributed by atoms with van der Waals surface area (Å²) in [6, 6.07) is 3.40. The lowest BCUT2D eigenvalue weighted by molar-refractivity contribution is 0.0379. The van der Waals surface area contributed by atoms with Gasteiger partial charge in [-0.3, -0.25) is 0 Å². The van der Waals surface area contributed by atoms with E-state index in [-0.39, 0.29) is 11.8 Å². The number of nitrogens with two attached hydrogens (primary N) is 2. The molecule has 4 heteroatoms. The highest BCUT2D eigenvalue weighted by Gasteiger charge is 2.14. The van der Waals surface area contributed by atoms with Gasteiger partial charge in [-0.15, -0.1) is 0 Å². The van der Waals surface area contributed by atoms with E-state index in [4.69, 9.17) is 16.2 Å². The Labute approximate surface area is 89.2 Å². The summed E-state index contributed by atoms with van der Waals surface area (Å²) in [4.78, 5) is 11.6. The molecule has 0 fully saturated rings. The van der Waals surface area contributed by atoms with Crippen LogP contribution in [0.3, 0.4) is 0 Å². The third-order valence-electron chi connectivity index (χ3n) is 1.92. The molecule has 0 radical (unpaired) electrons. The van der Waals surface area contributed by atoms with Crippen LogP contribution in [0.2, 0.25) is 0 Å². The van der Waals surface area contributed by atoms with E-state index < -0.39 is 5.97 Å². The average molecular weight is 208 g/mol. The van der Waals surface area contributed by atoms with Crippen LogP contribution >= 0.6 is 0 Å². The Morgan fingerprint density at radius 2 is 1.93 bits per heavy atom. The molecule has 0 saturated heterocycles. The highest BCUT2D eigenvalue weighted by atomic mass is 16.5. The smallest absolute Gasteiger partial charge is 0.340 e. The van der Waals surface area contributed by atoms with Crippen molar-refractivity contribution in [1.82, 2.24) is 0 Å². The number of carbonyl (C=O) groups is 1. The van der Waals surface area contributed by atoms with Crippen molar-refractivity contribution >= 4 is 17.3 Å². The third-order valence-corrected chi connectivity index (χ3v) is 1.92. The highest BCUT2D eigenvalue weighted by Crippen LogP contribution is 2.23. The number of carbonyl (C=O) groups excluding carboxylic acids is 1. The number of ether oxygens (including phenoxy) is 1. The molecule has 4 nitrogen and oxygen atoms in total. The van der Waals surface area contributed by atoms with Crippen LogP contribution in [-0.4, -0.2) is 12.1 Å². The first-order chi connectivity index (χ1) is 6.91. The molecule has 0 aromatic heterocycles. The fraction of sp³-hybridized carbons (Fsp3) is 0.364. The second-order valence-corrected chi connectivity index (χ2v) is 3.77. The van der Waals surface area contributed by atoms with E-state index in [1.54, 1.807) is 26.0 Å². The van der Waals surface area contributed by atoms with E-state index >= 15 is 0 Å². The Balaban J connectivity index is 3.08. The largest absolute Gasteiger partial charge is 0.459 e. The fourth-order valence-corrected chi connectivity index (χ4v) is 1.27. The van der Waals surface area contributed by atoms with Crippen LogP contribution in [-0.2, 0) is 4.74 Å². The van der Waals surface area contributed by atoms with Crippen molar-refractivity contribution in [1.29, 1.82) is 0 Å². The molecule has 15 heavy (non-hydrogen) atoms. The molecule has 1 aromatic carbocycles. The summed E-state index contributed by atoms with van der Waals surface area (Å²) in [5.41, 5.74) is 13.3. The van der Waals surface area contributed by atoms with Gasteiger partial charge in [0.15, 0.2) is 0 Å². The maximum absolute atomic E-state index is 11.6. The molecule has 0 atom stereocenters. The van der Waals surface area contributed by atoms with Gasteiger partial charge in [0.1, 0.15) is 0 Å². The van der Waals surface area contributed by atoms with Gasteiger partial charge < -0.3 is 16.2 Å². The molecule has 0 bridgehead atoms. The molecule has 0 aliphatic heterocycles. The Morgan fingerprint density at radius 3 is 2.47 bits per heavy atom. The molecule has 0 amide bonds. The molecule has 0 spiro atoms. The van der Waals surface area contributed by atoms with Crippen LogP contribution in [0, 0.1) is 6.92 Å². The molecule has 0 saturated carbocycles. The van der Waals surface area contributed by atoms with Crippen LogP contribution in [0.25, 0.3) is 0 Å². The van der Waals surface area contributed by atoms with E-state index in [0.29, 0.717) is 11.3 Å². The fourth-order valence-electron chi connectivity index (χ4n) is 1.27. The van der Waals surface area contributed by atoms with Crippen LogP contribution < -0.4 is 11.5 Å². The summed E-state index contributed by atoms with van der Waals surface area (Å²) in [7, 11) is 0. The number of hydrogen-bond acceptors (Lipinski definition) is 4. The van der Waals surface area contributed by atoms with E-state index in [2.05, 4.69) is 0 Å². The summed E-state index contributed by atoms with van der Waals surface area (Å²) in [5.74, 6) is -0.433. The number of anilines is 2. The van der Waals surface area contributed by atoms with Gasteiger partial charge in [-0.25, -0.2) is 4.79 Å². The SMILES string of the molecule is Cc1cc(N)c(N)c(C(=O)OC(C)C)c1. The standard InChI is InChI=1S/C11H16N2O2/c1-6(2)15-11(14)8-4-7(3)5-9(12)10(8)13/h4-6H,12-13H2,1-3H3. The Morgan fingerprint density at radius 1 is 1.33 bits per heavy atom. The van der Waals surface area contributed by atoms with Crippen molar-refractivity contribution in [2.24, 2.45) is 0 Å². The molecule has 0 aliphatic rings. The lowest BCUT2D eigenvalue weighted by Crippen LogP contribution is -2.14. The molecule has 0 heterocycles. The molecule has 1 rings (SSSR count). The predicted octanol–water partition coefficient (Wildman–Crippen LogP) is 1.72. The quantitative estimate of drug-likeness (QED) is 0.573. The highest BCUT2D eigenvalue weighted by molar-refractivity contribution is 5.98. The minimum absolute atomic E-state index is 0.168. The van der Waals surface area contributed by atoms with Gasteiger partial charge in [-0.1, -0.05) is 0 Å². The van der Waals surface area contributed by atoms with Crippen molar-refractivity contribution in [3.05, 3.63) is 23.3 Å². The minimum atomic E-state index is -0.433. The number of hydrogen-bond donors (Lipinski definition) is 2. The topological polar surface area (TPSA) is 78.3 Å². The number of rotatable bonds is 2. The normalized spacial score (nSPS) is 10.4. The first kappa shape index (κ1) is 11.4. The number of esters is 1. The van der Waals surface area contributed by atoms with Crippen molar-refractivity contribution in [3.8, 4) is 0 Å². The first-order valence-electron chi connectivity index (χ1n) is 4.78. The molecule has 82 valence electrons. The van der Waals surface area contributed by atoms with Crippen LogP contribution in [0.5, 0.6) is 0 Å².